The number of rotatable bonds is 7. The van der Waals surface area contributed by atoms with Gasteiger partial charge < -0.3 is 24.4 Å². The monoisotopic (exact) mass is 398 g/mol. The van der Waals surface area contributed by atoms with Crippen LogP contribution in [0.3, 0.4) is 0 Å². The molecule has 0 unspecified atom stereocenters. The van der Waals surface area contributed by atoms with Crippen molar-refractivity contribution in [2.45, 2.75) is 6.42 Å². The third kappa shape index (κ3) is 4.84. The van der Waals surface area contributed by atoms with Gasteiger partial charge in [0.15, 0.2) is 6.61 Å². The van der Waals surface area contributed by atoms with Crippen molar-refractivity contribution in [1.29, 1.82) is 0 Å². The molecule has 29 heavy (non-hydrogen) atoms. The summed E-state index contributed by atoms with van der Waals surface area (Å²) in [4.78, 5) is 38.3. The van der Waals surface area contributed by atoms with Gasteiger partial charge in [-0.2, -0.15) is 0 Å². The summed E-state index contributed by atoms with van der Waals surface area (Å²) in [5, 5.41) is 2.63. The molecule has 8 heteroatoms. The molecule has 2 aromatic carbocycles. The zero-order valence-corrected chi connectivity index (χ0v) is 16.2. The predicted octanol–water partition coefficient (Wildman–Crippen LogP) is 2.24. The number of ether oxygens (including phenoxy) is 3. The minimum absolute atomic E-state index is 0.0222. The van der Waals surface area contributed by atoms with Gasteiger partial charge in [0.25, 0.3) is 5.91 Å². The summed E-state index contributed by atoms with van der Waals surface area (Å²) < 4.78 is 15.5. The summed E-state index contributed by atoms with van der Waals surface area (Å²) in [6, 6.07) is 13.9. The highest BCUT2D eigenvalue weighted by Gasteiger charge is 2.37. The third-order valence-electron chi connectivity index (χ3n) is 4.53. The van der Waals surface area contributed by atoms with Crippen molar-refractivity contribution < 1.29 is 28.6 Å². The van der Waals surface area contributed by atoms with Crippen molar-refractivity contribution in [3.05, 3.63) is 48.5 Å². The molecule has 152 valence electrons. The van der Waals surface area contributed by atoms with Crippen molar-refractivity contribution in [2.24, 2.45) is 5.92 Å². The molecule has 1 heterocycles. The molecule has 0 aliphatic carbocycles. The van der Waals surface area contributed by atoms with E-state index in [2.05, 4.69) is 5.32 Å². The van der Waals surface area contributed by atoms with Gasteiger partial charge >= 0.3 is 5.97 Å². The highest BCUT2D eigenvalue weighted by molar-refractivity contribution is 6.01. The Morgan fingerprint density at radius 1 is 1.10 bits per heavy atom. The van der Waals surface area contributed by atoms with Crippen LogP contribution in [-0.2, 0) is 19.1 Å². The number of amides is 2. The molecular formula is C21H22N2O6. The average molecular weight is 398 g/mol. The maximum absolute atomic E-state index is 12.4. The van der Waals surface area contributed by atoms with Gasteiger partial charge in [-0.3, -0.25) is 14.4 Å². The summed E-state index contributed by atoms with van der Waals surface area (Å²) in [6.07, 6.45) is 0.0222. The first kappa shape index (κ1) is 20.2. The Balaban J connectivity index is 1.54. The Morgan fingerprint density at radius 3 is 2.66 bits per heavy atom. The fourth-order valence-corrected chi connectivity index (χ4v) is 3.10. The van der Waals surface area contributed by atoms with E-state index in [0.717, 1.165) is 0 Å². The van der Waals surface area contributed by atoms with Crippen molar-refractivity contribution in [2.75, 3.05) is 37.6 Å². The first-order valence-electron chi connectivity index (χ1n) is 9.05. The molecule has 3 rings (SSSR count). The molecule has 8 nitrogen and oxygen atoms in total. The SMILES string of the molecule is COc1cccc(NC(=O)COC(=O)[C@@H]2CC(=O)N(c3ccccc3OC)C2)c1. The summed E-state index contributed by atoms with van der Waals surface area (Å²) in [6.45, 7) is -0.259. The van der Waals surface area contributed by atoms with Crippen LogP contribution >= 0.6 is 0 Å². The van der Waals surface area contributed by atoms with Crippen molar-refractivity contribution in [1.82, 2.24) is 0 Å². The molecule has 0 spiro atoms. The molecule has 2 aromatic rings. The number of carbonyl (C=O) groups excluding carboxylic acids is 3. The number of carbonyl (C=O) groups is 3. The molecule has 0 saturated carbocycles. The predicted molar refractivity (Wildman–Crippen MR) is 106 cm³/mol. The van der Waals surface area contributed by atoms with Crippen LogP contribution in [0.5, 0.6) is 11.5 Å². The smallest absolute Gasteiger partial charge is 0.311 e. The Kier molecular flexibility index (Phi) is 6.33. The zero-order valence-electron chi connectivity index (χ0n) is 16.2. The van der Waals surface area contributed by atoms with Crippen molar-refractivity contribution in [3.63, 3.8) is 0 Å². The molecule has 1 saturated heterocycles. The third-order valence-corrected chi connectivity index (χ3v) is 4.53. The second-order valence-electron chi connectivity index (χ2n) is 6.47. The molecule has 1 aliphatic heterocycles. The van der Waals surface area contributed by atoms with Crippen LogP contribution in [0.25, 0.3) is 0 Å². The molecule has 1 aliphatic rings. The first-order chi connectivity index (χ1) is 14.0. The molecule has 1 N–H and O–H groups in total. The number of benzene rings is 2. The highest BCUT2D eigenvalue weighted by Crippen LogP contribution is 2.33. The minimum Gasteiger partial charge on any atom is -0.497 e. The number of nitrogens with zero attached hydrogens (tertiary/aromatic N) is 1. The second kappa shape index (κ2) is 9.09. The van der Waals surface area contributed by atoms with E-state index >= 15 is 0 Å². The molecule has 2 amide bonds. The molecule has 0 radical (unpaired) electrons. The maximum Gasteiger partial charge on any atom is 0.311 e. The van der Waals surface area contributed by atoms with Gasteiger partial charge in [-0.25, -0.2) is 0 Å². The van der Waals surface area contributed by atoms with Gasteiger partial charge in [-0.1, -0.05) is 18.2 Å². The second-order valence-corrected chi connectivity index (χ2v) is 6.47. The van der Waals surface area contributed by atoms with Gasteiger partial charge in [0.2, 0.25) is 5.91 Å². The number of nitrogens with one attached hydrogen (secondary N) is 1. The Morgan fingerprint density at radius 2 is 1.90 bits per heavy atom. The summed E-state index contributed by atoms with van der Waals surface area (Å²) in [5.41, 5.74) is 1.13. The average Bonchev–Trinajstić information content (AvgIpc) is 3.13. The highest BCUT2D eigenvalue weighted by atomic mass is 16.5. The Bertz CT molecular complexity index is 914. The Labute approximate surface area is 168 Å². The van der Waals surface area contributed by atoms with Crippen LogP contribution in [0.1, 0.15) is 6.42 Å². The number of anilines is 2. The largest absolute Gasteiger partial charge is 0.497 e. The molecule has 0 bridgehead atoms. The summed E-state index contributed by atoms with van der Waals surface area (Å²) in [7, 11) is 3.05. The van der Waals surface area contributed by atoms with E-state index in [1.165, 1.54) is 19.1 Å². The van der Waals surface area contributed by atoms with E-state index in [4.69, 9.17) is 14.2 Å². The van der Waals surface area contributed by atoms with Crippen LogP contribution in [0, 0.1) is 5.92 Å². The van der Waals surface area contributed by atoms with Crippen LogP contribution in [0.15, 0.2) is 48.5 Å². The lowest BCUT2D eigenvalue weighted by atomic mass is 10.1. The minimum atomic E-state index is -0.642. The number of methoxy groups -OCH3 is 2. The standard InChI is InChI=1S/C21H22N2O6/c1-27-16-7-5-6-15(11-16)22-19(24)13-29-21(26)14-10-20(25)23(12-14)17-8-3-4-9-18(17)28-2/h3-9,11,14H,10,12-13H2,1-2H3,(H,22,24)/t14-/m1/s1. The molecular weight excluding hydrogens is 376 g/mol. The summed E-state index contributed by atoms with van der Waals surface area (Å²) >= 11 is 0. The lowest BCUT2D eigenvalue weighted by molar-refractivity contribution is -0.151. The van der Waals surface area contributed by atoms with E-state index in [-0.39, 0.29) is 18.9 Å². The van der Waals surface area contributed by atoms with Gasteiger partial charge in [-0.15, -0.1) is 0 Å². The molecule has 0 aromatic heterocycles. The quantitative estimate of drug-likeness (QED) is 0.719. The van der Waals surface area contributed by atoms with Crippen molar-refractivity contribution >= 4 is 29.2 Å². The van der Waals surface area contributed by atoms with Crippen LogP contribution in [0.4, 0.5) is 11.4 Å². The van der Waals surface area contributed by atoms with Crippen molar-refractivity contribution in [3.8, 4) is 11.5 Å². The lowest BCUT2D eigenvalue weighted by Gasteiger charge is -2.19. The topological polar surface area (TPSA) is 94.2 Å². The van der Waals surface area contributed by atoms with Crippen LogP contribution in [-0.4, -0.2) is 45.2 Å². The number of hydrogen-bond donors (Lipinski definition) is 1. The molecule has 1 fully saturated rings. The first-order valence-corrected chi connectivity index (χ1v) is 9.05. The van der Waals surface area contributed by atoms with E-state index in [9.17, 15) is 14.4 Å². The number of esters is 1. The summed E-state index contributed by atoms with van der Waals surface area (Å²) in [5.74, 6) is -0.753. The fraction of sp³-hybridized carbons (Fsp3) is 0.286. The van der Waals surface area contributed by atoms with E-state index < -0.39 is 24.4 Å². The van der Waals surface area contributed by atoms with Gasteiger partial charge in [0.1, 0.15) is 11.5 Å². The van der Waals surface area contributed by atoms with E-state index in [0.29, 0.717) is 22.9 Å². The van der Waals surface area contributed by atoms with Gasteiger partial charge in [0.05, 0.1) is 25.8 Å². The van der Waals surface area contributed by atoms with E-state index in [1.54, 1.807) is 48.5 Å². The van der Waals surface area contributed by atoms with Crippen LogP contribution < -0.4 is 19.7 Å². The number of hydrogen-bond acceptors (Lipinski definition) is 6. The van der Waals surface area contributed by atoms with Crippen LogP contribution in [0.2, 0.25) is 0 Å². The lowest BCUT2D eigenvalue weighted by Crippen LogP contribution is -2.28. The zero-order chi connectivity index (χ0) is 20.8. The fourth-order valence-electron chi connectivity index (χ4n) is 3.10. The van der Waals surface area contributed by atoms with Gasteiger partial charge in [0, 0.05) is 24.7 Å². The van der Waals surface area contributed by atoms with Gasteiger partial charge in [-0.05, 0) is 24.3 Å². The normalized spacial score (nSPS) is 15.7. The maximum atomic E-state index is 12.4. The molecule has 1 atom stereocenters. The Hall–Kier alpha value is -3.55. The van der Waals surface area contributed by atoms with E-state index in [1.807, 2.05) is 0 Å². The number of para-hydroxylation sites is 2.